The third-order valence-electron chi connectivity index (χ3n) is 9.20. The van der Waals surface area contributed by atoms with Crippen LogP contribution in [0.1, 0.15) is 75.0 Å². The van der Waals surface area contributed by atoms with Gasteiger partial charge in [0, 0.05) is 24.2 Å². The molecule has 0 radical (unpaired) electrons. The maximum absolute atomic E-state index is 14.0. The van der Waals surface area contributed by atoms with Gasteiger partial charge in [0.05, 0.1) is 35.3 Å². The molecule has 3 atom stereocenters. The van der Waals surface area contributed by atoms with Gasteiger partial charge in [0.25, 0.3) is 0 Å². The van der Waals surface area contributed by atoms with E-state index in [0.29, 0.717) is 23.3 Å². The second-order valence-corrected chi connectivity index (χ2v) is 12.2. The highest BCUT2D eigenvalue weighted by Gasteiger charge is 2.42. The van der Waals surface area contributed by atoms with Crippen LogP contribution in [-0.4, -0.2) is 28.3 Å². The van der Waals surface area contributed by atoms with Crippen molar-refractivity contribution in [3.05, 3.63) is 154 Å². The van der Waals surface area contributed by atoms with E-state index in [1.165, 1.54) is 24.8 Å². The van der Waals surface area contributed by atoms with E-state index < -0.39 is 23.6 Å². The summed E-state index contributed by atoms with van der Waals surface area (Å²) in [7, 11) is 0. The predicted octanol–water partition coefficient (Wildman–Crippen LogP) is 9.33. The first-order chi connectivity index (χ1) is 24.0. The summed E-state index contributed by atoms with van der Waals surface area (Å²) >= 11 is 0. The largest absolute Gasteiger partial charge is 0.462 e. The number of carbonyl (C=O) groups is 2. The lowest BCUT2D eigenvalue weighted by atomic mass is 9.64. The monoisotopic (exact) mass is 671 g/mol. The van der Waals surface area contributed by atoms with Gasteiger partial charge >= 0.3 is 12.1 Å². The van der Waals surface area contributed by atoms with Crippen LogP contribution in [0.2, 0.25) is 0 Å². The lowest BCUT2D eigenvalue weighted by Crippen LogP contribution is -2.33. The number of halogens is 3. The van der Waals surface area contributed by atoms with Crippen LogP contribution in [0.4, 0.5) is 13.2 Å². The Labute approximate surface area is 287 Å². The summed E-state index contributed by atoms with van der Waals surface area (Å²) in [4.78, 5) is 32.3. The fraction of sp³-hybridized carbons (Fsp3) is 0.195. The number of esters is 1. The molecule has 1 aliphatic carbocycles. The molecular formula is C41H32F3N3O3. The molecule has 6 nitrogen and oxygen atoms in total. The van der Waals surface area contributed by atoms with Crippen LogP contribution in [0, 0.1) is 24.2 Å². The van der Waals surface area contributed by atoms with Crippen molar-refractivity contribution in [2.45, 2.75) is 38.8 Å². The topological polar surface area (TPSA) is 92.9 Å². The van der Waals surface area contributed by atoms with Gasteiger partial charge in [-0.3, -0.25) is 4.79 Å². The normalized spacial score (nSPS) is 17.0. The Morgan fingerprint density at radius 3 is 2.20 bits per heavy atom. The average molecular weight is 672 g/mol. The first-order valence-corrected chi connectivity index (χ1v) is 16.1. The van der Waals surface area contributed by atoms with E-state index in [4.69, 9.17) is 4.74 Å². The summed E-state index contributed by atoms with van der Waals surface area (Å²) in [5.41, 5.74) is 4.17. The Morgan fingerprint density at radius 1 is 0.860 bits per heavy atom. The number of hydrogen-bond donors (Lipinski definition) is 0. The molecule has 250 valence electrons. The number of benzene rings is 5. The van der Waals surface area contributed by atoms with Crippen molar-refractivity contribution >= 4 is 33.3 Å². The number of hydrogen-bond acceptors (Lipinski definition) is 6. The lowest BCUT2D eigenvalue weighted by Gasteiger charge is -2.37. The van der Waals surface area contributed by atoms with Crippen LogP contribution in [-0.2, 0) is 15.7 Å². The van der Waals surface area contributed by atoms with E-state index in [1.54, 1.807) is 25.1 Å². The van der Waals surface area contributed by atoms with Crippen molar-refractivity contribution in [3.63, 3.8) is 0 Å². The van der Waals surface area contributed by atoms with Crippen molar-refractivity contribution in [1.82, 2.24) is 9.97 Å². The summed E-state index contributed by atoms with van der Waals surface area (Å²) < 4.78 is 45.6. The summed E-state index contributed by atoms with van der Waals surface area (Å²) in [5, 5.41) is 13.6. The van der Waals surface area contributed by atoms with Gasteiger partial charge < -0.3 is 4.74 Å². The Hall–Kier alpha value is -5.88. The molecule has 0 saturated carbocycles. The highest BCUT2D eigenvalue weighted by Crippen LogP contribution is 2.50. The molecule has 9 heteroatoms. The Kier molecular flexibility index (Phi) is 9.47. The minimum Gasteiger partial charge on any atom is -0.462 e. The zero-order valence-corrected chi connectivity index (χ0v) is 27.5. The van der Waals surface area contributed by atoms with Crippen LogP contribution in [0.25, 0.3) is 21.5 Å². The van der Waals surface area contributed by atoms with Gasteiger partial charge in [-0.1, -0.05) is 79.7 Å². The number of ketones is 1. The van der Waals surface area contributed by atoms with Crippen LogP contribution in [0.5, 0.6) is 0 Å². The number of rotatable bonds is 4. The number of aromatic nitrogens is 2. The van der Waals surface area contributed by atoms with E-state index in [1.807, 2.05) is 43.3 Å². The highest BCUT2D eigenvalue weighted by molar-refractivity contribution is 6.11. The summed E-state index contributed by atoms with van der Waals surface area (Å²) in [6.07, 6.45) is -0.300. The second kappa shape index (κ2) is 13.9. The maximum atomic E-state index is 14.0. The average Bonchev–Trinajstić information content (AvgIpc) is 3.13. The molecule has 50 heavy (non-hydrogen) atoms. The number of aryl methyl sites for hydroxylation is 1. The molecule has 6 aromatic rings. The highest BCUT2D eigenvalue weighted by atomic mass is 19.4. The number of fused-ring (bicyclic) bond motifs is 5. The number of Topliss-reactive ketones (excluding diaryl/α,β-unsaturated/α-hetero) is 1. The van der Waals surface area contributed by atoms with Crippen molar-refractivity contribution in [1.29, 1.82) is 5.26 Å². The van der Waals surface area contributed by atoms with Gasteiger partial charge in [-0.05, 0) is 81.4 Å². The number of nitrogens with zero attached hydrogens (tertiary/aromatic N) is 3. The van der Waals surface area contributed by atoms with Gasteiger partial charge in [-0.15, -0.1) is 0 Å². The summed E-state index contributed by atoms with van der Waals surface area (Å²) in [6.45, 7) is 6.04. The molecule has 1 aromatic heterocycles. The number of alkyl halides is 3. The fourth-order valence-corrected chi connectivity index (χ4v) is 6.91. The molecule has 1 aliphatic rings. The molecule has 0 spiro atoms. The van der Waals surface area contributed by atoms with Gasteiger partial charge in [-0.2, -0.15) is 18.4 Å². The molecule has 7 rings (SSSR count). The quantitative estimate of drug-likeness (QED) is 0.137. The molecular weight excluding hydrogens is 639 g/mol. The van der Waals surface area contributed by atoms with Crippen LogP contribution in [0.15, 0.2) is 110 Å². The Balaban J connectivity index is 0.000000336. The van der Waals surface area contributed by atoms with E-state index in [2.05, 4.69) is 41.2 Å². The second-order valence-electron chi connectivity index (χ2n) is 12.2. The minimum atomic E-state index is -4.51. The fourth-order valence-electron chi connectivity index (χ4n) is 6.91. The number of ether oxygens (including phenoxy) is 1. The lowest BCUT2D eigenvalue weighted by molar-refractivity contribution is -0.137. The minimum absolute atomic E-state index is 0.118. The van der Waals surface area contributed by atoms with Gasteiger partial charge in [0.15, 0.2) is 0 Å². The standard InChI is InChI=1S/C34H24F3NO.C7H8N2O2/c1-19-16-29-27(26-9-4-3-8-25(19)26)14-15-28-31(23-6-5-7-24(17-23)34(35,36)37)33(39)20(2)30(32(28)29)22-12-10-21(18-38)11-13-22;1-2-11-7(10)6-3-8-5-9-4-6/h3-17,20,30-31H,1-2H3;3-5H,2H2,1H3. The van der Waals surface area contributed by atoms with Crippen molar-refractivity contribution in [2.24, 2.45) is 5.92 Å². The van der Waals surface area contributed by atoms with Gasteiger partial charge in [0.1, 0.15) is 12.1 Å². The summed E-state index contributed by atoms with van der Waals surface area (Å²) in [5.74, 6) is -2.13. The van der Waals surface area contributed by atoms with Crippen LogP contribution in [0.3, 0.4) is 0 Å². The molecule has 1 heterocycles. The molecule has 0 bridgehead atoms. The number of carbonyl (C=O) groups excluding carboxylic acids is 2. The van der Waals surface area contributed by atoms with Crippen molar-refractivity contribution < 1.29 is 27.5 Å². The maximum Gasteiger partial charge on any atom is 0.416 e. The first-order valence-electron chi connectivity index (χ1n) is 16.1. The molecule has 3 unspecified atom stereocenters. The Bertz CT molecular complexity index is 2260. The van der Waals surface area contributed by atoms with Crippen LogP contribution >= 0.6 is 0 Å². The van der Waals surface area contributed by atoms with Gasteiger partial charge in [-0.25, -0.2) is 14.8 Å². The molecule has 0 saturated heterocycles. The molecule has 0 N–H and O–H groups in total. The zero-order chi connectivity index (χ0) is 35.6. The van der Waals surface area contributed by atoms with Gasteiger partial charge in [0.2, 0.25) is 0 Å². The van der Waals surface area contributed by atoms with E-state index in [-0.39, 0.29) is 17.7 Å². The first kappa shape index (κ1) is 34.0. The molecule has 0 aliphatic heterocycles. The third kappa shape index (κ3) is 6.45. The van der Waals surface area contributed by atoms with E-state index in [0.717, 1.165) is 55.9 Å². The van der Waals surface area contributed by atoms with E-state index in [9.17, 15) is 28.0 Å². The Morgan fingerprint density at radius 2 is 1.54 bits per heavy atom. The molecule has 5 aromatic carbocycles. The smallest absolute Gasteiger partial charge is 0.416 e. The van der Waals surface area contributed by atoms with Crippen molar-refractivity contribution in [3.8, 4) is 6.07 Å². The third-order valence-corrected chi connectivity index (χ3v) is 9.20. The zero-order valence-electron chi connectivity index (χ0n) is 27.5. The van der Waals surface area contributed by atoms with E-state index >= 15 is 0 Å². The number of nitriles is 1. The van der Waals surface area contributed by atoms with Crippen LogP contribution < -0.4 is 0 Å². The SMILES string of the molecule is CCOC(=O)c1cncnc1.Cc1cc2c3c(ccc2c2ccccc12)C(c1cccc(C(F)(F)F)c1)C(=O)C(C)C3c1ccc(C#N)cc1. The summed E-state index contributed by atoms with van der Waals surface area (Å²) in [6, 6.07) is 28.8. The molecule has 0 amide bonds. The van der Waals surface area contributed by atoms with Crippen molar-refractivity contribution in [2.75, 3.05) is 6.61 Å². The molecule has 0 fully saturated rings. The predicted molar refractivity (Wildman–Crippen MR) is 185 cm³/mol.